The second kappa shape index (κ2) is 7.84. The van der Waals surface area contributed by atoms with E-state index in [0.717, 1.165) is 50.0 Å². The monoisotopic (exact) mass is 348 g/mol. The molecule has 0 spiro atoms. The van der Waals surface area contributed by atoms with Gasteiger partial charge in [0.15, 0.2) is 0 Å². The molecule has 0 aromatic rings. The molecule has 0 heterocycles. The third-order valence-electron chi connectivity index (χ3n) is 6.62. The van der Waals surface area contributed by atoms with Gasteiger partial charge in [-0.2, -0.15) is 0 Å². The predicted octanol–water partition coefficient (Wildman–Crippen LogP) is 4.91. The summed E-state index contributed by atoms with van der Waals surface area (Å²) in [6.07, 6.45) is 15.3. The van der Waals surface area contributed by atoms with Gasteiger partial charge >= 0.3 is 5.97 Å². The van der Waals surface area contributed by atoms with E-state index >= 15 is 0 Å². The van der Waals surface area contributed by atoms with Crippen LogP contribution in [0.2, 0.25) is 0 Å². The van der Waals surface area contributed by atoms with Crippen molar-refractivity contribution >= 4 is 5.97 Å². The van der Waals surface area contributed by atoms with Crippen LogP contribution in [0, 0.1) is 23.2 Å². The maximum Gasteiger partial charge on any atom is 0.317 e. The van der Waals surface area contributed by atoms with Crippen LogP contribution >= 0.6 is 0 Å². The zero-order valence-electron chi connectivity index (χ0n) is 15.6. The molecule has 0 aliphatic heterocycles. The van der Waals surface area contributed by atoms with Crippen LogP contribution in [0.3, 0.4) is 0 Å². The van der Waals surface area contributed by atoms with Crippen molar-refractivity contribution < 1.29 is 19.4 Å². The summed E-state index contributed by atoms with van der Waals surface area (Å²) < 4.78 is 11.5. The number of methoxy groups -OCH3 is 2. The van der Waals surface area contributed by atoms with E-state index in [9.17, 15) is 9.90 Å². The molecular weight excluding hydrogens is 316 g/mol. The summed E-state index contributed by atoms with van der Waals surface area (Å²) in [6, 6.07) is 0. The number of hydrogen-bond acceptors (Lipinski definition) is 3. The minimum absolute atomic E-state index is 0.0753. The van der Waals surface area contributed by atoms with Crippen LogP contribution in [0.15, 0.2) is 23.7 Å². The molecule has 0 bridgehead atoms. The van der Waals surface area contributed by atoms with Gasteiger partial charge in [-0.15, -0.1) is 0 Å². The number of ether oxygens (including phenoxy) is 2. The molecule has 1 N–H and O–H groups in total. The fourth-order valence-corrected chi connectivity index (χ4v) is 5.25. The van der Waals surface area contributed by atoms with E-state index in [1.54, 1.807) is 14.2 Å². The number of carboxylic acid groups (broad SMARTS) is 1. The van der Waals surface area contributed by atoms with Crippen LogP contribution < -0.4 is 0 Å². The van der Waals surface area contributed by atoms with Crippen molar-refractivity contribution in [1.29, 1.82) is 0 Å². The summed E-state index contributed by atoms with van der Waals surface area (Å²) in [6.45, 7) is 0. The van der Waals surface area contributed by atoms with E-state index in [1.807, 2.05) is 12.2 Å². The van der Waals surface area contributed by atoms with Gasteiger partial charge < -0.3 is 14.6 Å². The molecule has 2 fully saturated rings. The van der Waals surface area contributed by atoms with Gasteiger partial charge in [-0.1, -0.05) is 38.5 Å². The van der Waals surface area contributed by atoms with Crippen molar-refractivity contribution in [1.82, 2.24) is 0 Å². The summed E-state index contributed by atoms with van der Waals surface area (Å²) in [5.41, 5.74) is -0.984. The fourth-order valence-electron chi connectivity index (χ4n) is 5.25. The number of hydrogen-bond donors (Lipinski definition) is 1. The van der Waals surface area contributed by atoms with Gasteiger partial charge in [0.05, 0.1) is 20.1 Å². The van der Waals surface area contributed by atoms with Gasteiger partial charge in [-0.25, -0.2) is 0 Å². The Labute approximate surface area is 151 Å². The van der Waals surface area contributed by atoms with E-state index in [1.165, 1.54) is 25.7 Å². The Hall–Kier alpha value is -1.45. The van der Waals surface area contributed by atoms with Crippen LogP contribution in [0.1, 0.15) is 64.2 Å². The average molecular weight is 348 g/mol. The molecule has 3 aliphatic rings. The first-order chi connectivity index (χ1) is 12.1. The van der Waals surface area contributed by atoms with E-state index < -0.39 is 11.4 Å². The summed E-state index contributed by atoms with van der Waals surface area (Å²) in [4.78, 5) is 12.4. The van der Waals surface area contributed by atoms with Gasteiger partial charge in [0.1, 0.15) is 16.9 Å². The molecule has 25 heavy (non-hydrogen) atoms. The number of aliphatic carboxylic acids is 1. The molecule has 0 amide bonds. The van der Waals surface area contributed by atoms with Crippen LogP contribution in [-0.2, 0) is 14.3 Å². The topological polar surface area (TPSA) is 55.8 Å². The molecule has 0 unspecified atom stereocenters. The first-order valence-corrected chi connectivity index (χ1v) is 9.89. The molecular formula is C21H32O4. The van der Waals surface area contributed by atoms with Crippen molar-refractivity contribution in [3.8, 4) is 0 Å². The quantitative estimate of drug-likeness (QED) is 0.767. The zero-order valence-corrected chi connectivity index (χ0v) is 15.6. The highest BCUT2D eigenvalue weighted by Gasteiger charge is 2.49. The van der Waals surface area contributed by atoms with Gasteiger partial charge in [-0.05, 0) is 49.7 Å². The zero-order chi connectivity index (χ0) is 17.9. The molecule has 0 aromatic carbocycles. The predicted molar refractivity (Wildman–Crippen MR) is 96.9 cm³/mol. The van der Waals surface area contributed by atoms with E-state index in [-0.39, 0.29) is 11.8 Å². The van der Waals surface area contributed by atoms with Gasteiger partial charge in [0, 0.05) is 0 Å². The maximum absolute atomic E-state index is 12.4. The SMILES string of the molecule is COC1=CC(C(=O)O)(C2CCCCC2)C=C(OC)C1C1CCCCC1. The Morgan fingerprint density at radius 1 is 0.920 bits per heavy atom. The second-order valence-corrected chi connectivity index (χ2v) is 7.95. The number of carboxylic acids is 1. The molecule has 0 radical (unpaired) electrons. The largest absolute Gasteiger partial charge is 0.501 e. The molecule has 4 heteroatoms. The molecule has 0 atom stereocenters. The number of rotatable bonds is 5. The molecule has 2 saturated carbocycles. The van der Waals surface area contributed by atoms with E-state index in [2.05, 4.69) is 0 Å². The molecule has 4 nitrogen and oxygen atoms in total. The first kappa shape index (κ1) is 18.3. The smallest absolute Gasteiger partial charge is 0.317 e. The summed E-state index contributed by atoms with van der Waals surface area (Å²) >= 11 is 0. The van der Waals surface area contributed by atoms with Crippen LogP contribution in [0.25, 0.3) is 0 Å². The van der Waals surface area contributed by atoms with E-state index in [0.29, 0.717) is 5.92 Å². The van der Waals surface area contributed by atoms with E-state index in [4.69, 9.17) is 9.47 Å². The minimum Gasteiger partial charge on any atom is -0.501 e. The van der Waals surface area contributed by atoms with Gasteiger partial charge in [0.25, 0.3) is 0 Å². The maximum atomic E-state index is 12.4. The standard InChI is InChI=1S/C21H32O4/c1-24-17-13-21(20(22)23,16-11-7-4-8-12-16)14-18(25-2)19(17)15-9-5-3-6-10-15/h13-16,19H,3-12H2,1-2H3,(H,22,23). The average Bonchev–Trinajstić information content (AvgIpc) is 2.68. The lowest BCUT2D eigenvalue weighted by Crippen LogP contribution is -2.41. The Morgan fingerprint density at radius 2 is 1.40 bits per heavy atom. The molecule has 0 saturated heterocycles. The van der Waals surface area contributed by atoms with Crippen molar-refractivity contribution in [2.24, 2.45) is 23.2 Å². The third-order valence-corrected chi connectivity index (χ3v) is 6.62. The molecule has 3 rings (SSSR count). The summed E-state index contributed by atoms with van der Waals surface area (Å²) in [7, 11) is 3.35. The number of carbonyl (C=O) groups is 1. The fraction of sp³-hybridized carbons (Fsp3) is 0.762. The Morgan fingerprint density at radius 3 is 1.84 bits per heavy atom. The highest BCUT2D eigenvalue weighted by molar-refractivity contribution is 5.81. The van der Waals surface area contributed by atoms with Gasteiger partial charge in [0.2, 0.25) is 0 Å². The summed E-state index contributed by atoms with van der Waals surface area (Å²) in [5.74, 6) is 1.53. The Kier molecular flexibility index (Phi) is 5.75. The van der Waals surface area contributed by atoms with Crippen LogP contribution in [0.5, 0.6) is 0 Å². The Bertz CT molecular complexity index is 514. The lowest BCUT2D eigenvalue weighted by atomic mass is 9.64. The van der Waals surface area contributed by atoms with Crippen molar-refractivity contribution in [2.45, 2.75) is 64.2 Å². The highest BCUT2D eigenvalue weighted by Crippen LogP contribution is 2.50. The van der Waals surface area contributed by atoms with Crippen LogP contribution in [0.4, 0.5) is 0 Å². The van der Waals surface area contributed by atoms with Crippen molar-refractivity contribution in [2.75, 3.05) is 14.2 Å². The van der Waals surface area contributed by atoms with Gasteiger partial charge in [-0.3, -0.25) is 4.79 Å². The second-order valence-electron chi connectivity index (χ2n) is 7.95. The molecule has 140 valence electrons. The molecule has 0 aromatic heterocycles. The van der Waals surface area contributed by atoms with Crippen LogP contribution in [-0.4, -0.2) is 25.3 Å². The lowest BCUT2D eigenvalue weighted by molar-refractivity contribution is -0.147. The minimum atomic E-state index is -0.984. The third kappa shape index (κ3) is 3.45. The first-order valence-electron chi connectivity index (χ1n) is 9.89. The summed E-state index contributed by atoms with van der Waals surface area (Å²) in [5, 5.41) is 10.2. The highest BCUT2D eigenvalue weighted by atomic mass is 16.5. The van der Waals surface area contributed by atoms with Crippen molar-refractivity contribution in [3.63, 3.8) is 0 Å². The lowest BCUT2D eigenvalue weighted by Gasteiger charge is -2.42. The normalized spacial score (nSPS) is 31.8. The van der Waals surface area contributed by atoms with Crippen molar-refractivity contribution in [3.05, 3.63) is 23.7 Å². The molecule has 3 aliphatic carbocycles. The Balaban J connectivity index is 1.99.